The van der Waals surface area contributed by atoms with Gasteiger partial charge in [-0.15, -0.1) is 0 Å². The first-order valence-electron chi connectivity index (χ1n) is 6.90. The summed E-state index contributed by atoms with van der Waals surface area (Å²) in [5.74, 6) is -2.00. The van der Waals surface area contributed by atoms with E-state index in [2.05, 4.69) is 5.32 Å². The zero-order valence-corrected chi connectivity index (χ0v) is 11.5. The Labute approximate surface area is 122 Å². The summed E-state index contributed by atoms with van der Waals surface area (Å²) in [6.45, 7) is 0.355. The molecule has 6 heteroatoms. The predicted octanol–water partition coefficient (Wildman–Crippen LogP) is 1.02. The van der Waals surface area contributed by atoms with Crippen LogP contribution in [-0.2, 0) is 4.79 Å². The quantitative estimate of drug-likeness (QED) is 0.752. The first kappa shape index (κ1) is 15.0. The maximum Gasteiger partial charge on any atom is 0.306 e. The minimum Gasteiger partial charge on any atom is -0.481 e. The van der Waals surface area contributed by atoms with E-state index in [0.717, 1.165) is 12.8 Å². The number of hydrogen-bond donors (Lipinski definition) is 3. The predicted molar refractivity (Wildman–Crippen MR) is 75.8 cm³/mol. The third-order valence-electron chi connectivity index (χ3n) is 3.93. The van der Waals surface area contributed by atoms with Crippen molar-refractivity contribution >= 4 is 17.8 Å². The maximum atomic E-state index is 12.0. The summed E-state index contributed by atoms with van der Waals surface area (Å²) in [5, 5.41) is 11.8. The van der Waals surface area contributed by atoms with Crippen LogP contribution in [-0.4, -0.2) is 29.4 Å². The van der Waals surface area contributed by atoms with Gasteiger partial charge in [0.2, 0.25) is 5.91 Å². The van der Waals surface area contributed by atoms with E-state index in [1.807, 2.05) is 0 Å². The van der Waals surface area contributed by atoms with E-state index in [0.29, 0.717) is 24.1 Å². The number of amides is 2. The molecule has 0 saturated heterocycles. The maximum absolute atomic E-state index is 12.0. The fourth-order valence-corrected chi connectivity index (χ4v) is 2.72. The molecule has 2 atom stereocenters. The highest BCUT2D eigenvalue weighted by Crippen LogP contribution is 2.31. The van der Waals surface area contributed by atoms with Gasteiger partial charge in [0.15, 0.2) is 0 Å². The number of primary amides is 1. The van der Waals surface area contributed by atoms with Gasteiger partial charge in [-0.25, -0.2) is 0 Å². The molecular formula is C15H18N2O4. The number of carbonyl (C=O) groups excluding carboxylic acids is 2. The highest BCUT2D eigenvalue weighted by Gasteiger charge is 2.32. The zero-order valence-electron chi connectivity index (χ0n) is 11.5. The van der Waals surface area contributed by atoms with Gasteiger partial charge in [0.05, 0.1) is 5.92 Å². The highest BCUT2D eigenvalue weighted by atomic mass is 16.4. The molecule has 0 heterocycles. The Bertz CT molecular complexity index is 553. The van der Waals surface area contributed by atoms with Crippen molar-refractivity contribution in [2.24, 2.45) is 17.6 Å². The molecule has 21 heavy (non-hydrogen) atoms. The molecule has 0 radical (unpaired) electrons. The van der Waals surface area contributed by atoms with E-state index >= 15 is 0 Å². The molecule has 2 unspecified atom stereocenters. The van der Waals surface area contributed by atoms with Crippen LogP contribution in [0.5, 0.6) is 0 Å². The lowest BCUT2D eigenvalue weighted by atomic mass is 9.96. The molecule has 112 valence electrons. The van der Waals surface area contributed by atoms with E-state index < -0.39 is 11.9 Å². The van der Waals surface area contributed by atoms with Crippen molar-refractivity contribution in [3.63, 3.8) is 0 Å². The lowest BCUT2D eigenvalue weighted by Crippen LogP contribution is -2.33. The normalized spacial score (nSPS) is 21.0. The molecule has 1 fully saturated rings. The molecule has 1 aromatic carbocycles. The monoisotopic (exact) mass is 290 g/mol. The number of carboxylic acids is 1. The second-order valence-electron chi connectivity index (χ2n) is 5.29. The van der Waals surface area contributed by atoms with E-state index in [9.17, 15) is 14.4 Å². The van der Waals surface area contributed by atoms with Crippen LogP contribution in [0.4, 0.5) is 0 Å². The number of carboxylic acid groups (broad SMARTS) is 1. The molecule has 0 aliphatic heterocycles. The molecule has 0 spiro atoms. The van der Waals surface area contributed by atoms with Gasteiger partial charge in [0.25, 0.3) is 5.91 Å². The van der Waals surface area contributed by atoms with Gasteiger partial charge in [0.1, 0.15) is 0 Å². The molecule has 1 saturated carbocycles. The Kier molecular flexibility index (Phi) is 4.57. The molecule has 1 aromatic rings. The molecule has 0 aromatic heterocycles. The third kappa shape index (κ3) is 3.59. The standard InChI is InChI=1S/C15H18N2O4/c16-13(18)9-4-6-10(7-5-9)14(19)17-8-11-2-1-3-12(11)15(20)21/h4-7,11-12H,1-3,8H2,(H2,16,18)(H,17,19)(H,20,21). The first-order chi connectivity index (χ1) is 9.99. The molecule has 4 N–H and O–H groups in total. The van der Waals surface area contributed by atoms with Gasteiger partial charge in [-0.05, 0) is 43.0 Å². The van der Waals surface area contributed by atoms with Gasteiger partial charge in [-0.3, -0.25) is 14.4 Å². The summed E-state index contributed by atoms with van der Waals surface area (Å²) in [6.07, 6.45) is 2.37. The molecule has 1 aliphatic carbocycles. The minimum atomic E-state index is -0.794. The largest absolute Gasteiger partial charge is 0.481 e. The van der Waals surface area contributed by atoms with Crippen LogP contribution in [0.1, 0.15) is 40.0 Å². The number of hydrogen-bond acceptors (Lipinski definition) is 3. The lowest BCUT2D eigenvalue weighted by molar-refractivity contribution is -0.142. The van der Waals surface area contributed by atoms with Crippen molar-refractivity contribution in [3.8, 4) is 0 Å². The van der Waals surface area contributed by atoms with Crippen molar-refractivity contribution < 1.29 is 19.5 Å². The molecular weight excluding hydrogens is 272 g/mol. The average molecular weight is 290 g/mol. The number of nitrogens with two attached hydrogens (primary N) is 1. The summed E-state index contributed by atoms with van der Waals surface area (Å²) in [6, 6.07) is 6.04. The summed E-state index contributed by atoms with van der Waals surface area (Å²) < 4.78 is 0. The van der Waals surface area contributed by atoms with Crippen molar-refractivity contribution in [1.82, 2.24) is 5.32 Å². The van der Waals surface area contributed by atoms with Gasteiger partial charge in [0, 0.05) is 17.7 Å². The fourth-order valence-electron chi connectivity index (χ4n) is 2.72. The van der Waals surface area contributed by atoms with Crippen molar-refractivity contribution in [1.29, 1.82) is 0 Å². The van der Waals surface area contributed by atoms with Gasteiger partial charge < -0.3 is 16.2 Å². The summed E-state index contributed by atoms with van der Waals surface area (Å²) in [7, 11) is 0. The van der Waals surface area contributed by atoms with Crippen LogP contribution < -0.4 is 11.1 Å². The average Bonchev–Trinajstić information content (AvgIpc) is 2.93. The van der Waals surface area contributed by atoms with E-state index in [4.69, 9.17) is 10.8 Å². The topological polar surface area (TPSA) is 109 Å². The fraction of sp³-hybridized carbons (Fsp3) is 0.400. The number of aliphatic carboxylic acids is 1. The van der Waals surface area contributed by atoms with Crippen molar-refractivity contribution in [3.05, 3.63) is 35.4 Å². The van der Waals surface area contributed by atoms with Gasteiger partial charge in [-0.1, -0.05) is 6.42 Å². The van der Waals surface area contributed by atoms with Crippen LogP contribution in [0.15, 0.2) is 24.3 Å². The number of nitrogens with one attached hydrogen (secondary N) is 1. The van der Waals surface area contributed by atoms with E-state index in [1.165, 1.54) is 24.3 Å². The van der Waals surface area contributed by atoms with Gasteiger partial charge in [-0.2, -0.15) is 0 Å². The Morgan fingerprint density at radius 2 is 1.76 bits per heavy atom. The Balaban J connectivity index is 1.92. The number of rotatable bonds is 5. The van der Waals surface area contributed by atoms with Crippen LogP contribution in [0.25, 0.3) is 0 Å². The molecule has 2 amide bonds. The van der Waals surface area contributed by atoms with Crippen molar-refractivity contribution in [2.75, 3.05) is 6.54 Å². The Hall–Kier alpha value is -2.37. The van der Waals surface area contributed by atoms with Crippen molar-refractivity contribution in [2.45, 2.75) is 19.3 Å². The summed E-state index contributed by atoms with van der Waals surface area (Å²) in [4.78, 5) is 34.0. The van der Waals surface area contributed by atoms with Crippen LogP contribution in [0.3, 0.4) is 0 Å². The number of carbonyl (C=O) groups is 3. The number of benzene rings is 1. The van der Waals surface area contributed by atoms with E-state index in [1.54, 1.807) is 0 Å². The lowest BCUT2D eigenvalue weighted by Gasteiger charge is -2.16. The van der Waals surface area contributed by atoms with E-state index in [-0.39, 0.29) is 17.7 Å². The highest BCUT2D eigenvalue weighted by molar-refractivity contribution is 5.97. The Morgan fingerprint density at radius 1 is 1.14 bits per heavy atom. The molecule has 0 bridgehead atoms. The second kappa shape index (κ2) is 6.39. The van der Waals surface area contributed by atoms with Crippen LogP contribution in [0, 0.1) is 11.8 Å². The second-order valence-corrected chi connectivity index (χ2v) is 5.29. The smallest absolute Gasteiger partial charge is 0.306 e. The third-order valence-corrected chi connectivity index (χ3v) is 3.93. The summed E-state index contributed by atoms with van der Waals surface area (Å²) in [5.41, 5.74) is 5.89. The van der Waals surface area contributed by atoms with Gasteiger partial charge >= 0.3 is 5.97 Å². The minimum absolute atomic E-state index is 0.0173. The first-order valence-corrected chi connectivity index (χ1v) is 6.90. The Morgan fingerprint density at radius 3 is 2.33 bits per heavy atom. The zero-order chi connectivity index (χ0) is 15.4. The SMILES string of the molecule is NC(=O)c1ccc(C(=O)NCC2CCCC2C(=O)O)cc1. The van der Waals surface area contributed by atoms with Crippen LogP contribution >= 0.6 is 0 Å². The van der Waals surface area contributed by atoms with Crippen LogP contribution in [0.2, 0.25) is 0 Å². The summed E-state index contributed by atoms with van der Waals surface area (Å²) >= 11 is 0. The molecule has 6 nitrogen and oxygen atoms in total. The molecule has 2 rings (SSSR count). The molecule has 1 aliphatic rings.